The van der Waals surface area contributed by atoms with Crippen LogP contribution in [-0.4, -0.2) is 11.9 Å². The molecule has 22 heavy (non-hydrogen) atoms. The van der Waals surface area contributed by atoms with Crippen molar-refractivity contribution < 1.29 is 19.1 Å². The van der Waals surface area contributed by atoms with Gasteiger partial charge >= 0.3 is 11.9 Å². The number of hydrogen-bond donors (Lipinski definition) is 0. The topological polar surface area (TPSA) is 52.6 Å². The summed E-state index contributed by atoms with van der Waals surface area (Å²) in [5.41, 5.74) is 1.58. The van der Waals surface area contributed by atoms with E-state index in [1.165, 1.54) is 13.8 Å². The molecule has 2 aromatic rings. The van der Waals surface area contributed by atoms with Crippen LogP contribution >= 0.6 is 11.6 Å². The lowest BCUT2D eigenvalue weighted by Gasteiger charge is -2.18. The monoisotopic (exact) mass is 318 g/mol. The fourth-order valence-corrected chi connectivity index (χ4v) is 2.13. The maximum atomic E-state index is 11.4. The van der Waals surface area contributed by atoms with Gasteiger partial charge in [0.25, 0.3) is 0 Å². The SMILES string of the molecule is CC(=O)Oc1ccc(C(OC(C)=O)c2ccc(Cl)cc2)cc1. The molecule has 0 amide bonds. The van der Waals surface area contributed by atoms with Crippen molar-refractivity contribution in [2.75, 3.05) is 0 Å². The fraction of sp³-hybridized carbons (Fsp3) is 0.176. The minimum absolute atomic E-state index is 0.385. The minimum Gasteiger partial charge on any atom is -0.453 e. The average Bonchev–Trinajstić information content (AvgIpc) is 2.46. The van der Waals surface area contributed by atoms with Gasteiger partial charge in [0.1, 0.15) is 5.75 Å². The van der Waals surface area contributed by atoms with Gasteiger partial charge in [-0.1, -0.05) is 35.9 Å². The van der Waals surface area contributed by atoms with Crippen LogP contribution in [0.1, 0.15) is 31.1 Å². The highest BCUT2D eigenvalue weighted by Gasteiger charge is 2.17. The number of rotatable bonds is 4. The van der Waals surface area contributed by atoms with Crippen LogP contribution in [0.3, 0.4) is 0 Å². The molecule has 0 saturated carbocycles. The summed E-state index contributed by atoms with van der Waals surface area (Å²) in [6.45, 7) is 2.69. The first kappa shape index (κ1) is 16.0. The quantitative estimate of drug-likeness (QED) is 0.633. The standard InChI is InChI=1S/C17H15ClO4/c1-11(19)21-16-9-5-14(6-10-16)17(22-12(2)20)13-3-7-15(18)8-4-13/h3-10,17H,1-2H3. The Hall–Kier alpha value is -2.33. The summed E-state index contributed by atoms with van der Waals surface area (Å²) in [5, 5.41) is 0.607. The van der Waals surface area contributed by atoms with E-state index in [0.717, 1.165) is 11.1 Å². The number of esters is 2. The lowest BCUT2D eigenvalue weighted by molar-refractivity contribution is -0.144. The molecule has 114 valence electrons. The molecule has 2 rings (SSSR count). The maximum absolute atomic E-state index is 11.4. The van der Waals surface area contributed by atoms with E-state index >= 15 is 0 Å². The van der Waals surface area contributed by atoms with E-state index in [4.69, 9.17) is 21.1 Å². The second kappa shape index (κ2) is 7.09. The average molecular weight is 319 g/mol. The van der Waals surface area contributed by atoms with Gasteiger partial charge < -0.3 is 9.47 Å². The highest BCUT2D eigenvalue weighted by molar-refractivity contribution is 6.30. The van der Waals surface area contributed by atoms with Crippen LogP contribution in [0.15, 0.2) is 48.5 Å². The minimum atomic E-state index is -0.541. The second-order valence-electron chi connectivity index (χ2n) is 4.70. The molecule has 0 bridgehead atoms. The summed E-state index contributed by atoms with van der Waals surface area (Å²) < 4.78 is 10.4. The van der Waals surface area contributed by atoms with Crippen LogP contribution in [-0.2, 0) is 14.3 Å². The van der Waals surface area contributed by atoms with Crippen molar-refractivity contribution in [1.29, 1.82) is 0 Å². The Labute approximate surface area is 133 Å². The van der Waals surface area contributed by atoms with E-state index in [9.17, 15) is 9.59 Å². The molecule has 4 nitrogen and oxygen atoms in total. The molecule has 0 aliphatic carbocycles. The molecular formula is C17H15ClO4. The lowest BCUT2D eigenvalue weighted by Crippen LogP contribution is -2.10. The molecule has 0 N–H and O–H groups in total. The summed E-state index contributed by atoms with van der Waals surface area (Å²) in [5.74, 6) is -0.333. The predicted molar refractivity (Wildman–Crippen MR) is 82.8 cm³/mol. The largest absolute Gasteiger partial charge is 0.453 e. The Kier molecular flexibility index (Phi) is 5.17. The van der Waals surface area contributed by atoms with Crippen LogP contribution in [0.25, 0.3) is 0 Å². The summed E-state index contributed by atoms with van der Waals surface area (Å²) in [6, 6.07) is 13.9. The van der Waals surface area contributed by atoms with Crippen molar-refractivity contribution in [3.05, 3.63) is 64.7 Å². The van der Waals surface area contributed by atoms with Crippen LogP contribution in [0.4, 0.5) is 0 Å². The Morgan fingerprint density at radius 2 is 1.36 bits per heavy atom. The van der Waals surface area contributed by atoms with Crippen molar-refractivity contribution in [2.24, 2.45) is 0 Å². The third-order valence-corrected chi connectivity index (χ3v) is 3.15. The van der Waals surface area contributed by atoms with Crippen LogP contribution in [0, 0.1) is 0 Å². The normalized spacial score (nSPS) is 11.6. The molecule has 1 unspecified atom stereocenters. The molecular weight excluding hydrogens is 304 g/mol. The summed E-state index contributed by atoms with van der Waals surface area (Å²) >= 11 is 5.88. The van der Waals surface area contributed by atoms with Gasteiger partial charge in [0.05, 0.1) is 0 Å². The van der Waals surface area contributed by atoms with Crippen molar-refractivity contribution in [3.8, 4) is 5.75 Å². The first-order chi connectivity index (χ1) is 10.5. The van der Waals surface area contributed by atoms with E-state index in [1.54, 1.807) is 48.5 Å². The van der Waals surface area contributed by atoms with Gasteiger partial charge in [0, 0.05) is 18.9 Å². The number of halogens is 1. The molecule has 0 heterocycles. The molecule has 1 atom stereocenters. The summed E-state index contributed by atoms with van der Waals surface area (Å²) in [7, 11) is 0. The van der Waals surface area contributed by atoms with E-state index < -0.39 is 6.10 Å². The van der Waals surface area contributed by atoms with Gasteiger partial charge in [-0.3, -0.25) is 9.59 Å². The Balaban J connectivity index is 2.30. The third-order valence-electron chi connectivity index (χ3n) is 2.90. The van der Waals surface area contributed by atoms with E-state index in [-0.39, 0.29) is 11.9 Å². The van der Waals surface area contributed by atoms with Crippen molar-refractivity contribution >= 4 is 23.5 Å². The zero-order chi connectivity index (χ0) is 16.1. The molecule has 0 spiro atoms. The number of ether oxygens (including phenoxy) is 2. The highest BCUT2D eigenvalue weighted by Crippen LogP contribution is 2.28. The summed E-state index contributed by atoms with van der Waals surface area (Å²) in [4.78, 5) is 22.3. The molecule has 5 heteroatoms. The molecule has 0 aliphatic heterocycles. The second-order valence-corrected chi connectivity index (χ2v) is 5.14. The lowest BCUT2D eigenvalue weighted by atomic mass is 10.0. The van der Waals surface area contributed by atoms with Crippen molar-refractivity contribution in [3.63, 3.8) is 0 Å². The first-order valence-electron chi connectivity index (χ1n) is 6.67. The number of carbonyl (C=O) groups is 2. The number of benzene rings is 2. The first-order valence-corrected chi connectivity index (χ1v) is 7.04. The van der Waals surface area contributed by atoms with Crippen molar-refractivity contribution in [2.45, 2.75) is 20.0 Å². The van der Waals surface area contributed by atoms with Crippen LogP contribution in [0.5, 0.6) is 5.75 Å². The molecule has 0 fully saturated rings. The van der Waals surface area contributed by atoms with Gasteiger partial charge in [-0.25, -0.2) is 0 Å². The van der Waals surface area contributed by atoms with E-state index in [2.05, 4.69) is 0 Å². The molecule has 0 saturated heterocycles. The van der Waals surface area contributed by atoms with Gasteiger partial charge in [-0.05, 0) is 35.4 Å². The number of carbonyl (C=O) groups excluding carboxylic acids is 2. The summed E-state index contributed by atoms with van der Waals surface area (Å²) in [6.07, 6.45) is -0.541. The Morgan fingerprint density at radius 3 is 1.82 bits per heavy atom. The highest BCUT2D eigenvalue weighted by atomic mass is 35.5. The van der Waals surface area contributed by atoms with Crippen LogP contribution < -0.4 is 4.74 Å². The van der Waals surface area contributed by atoms with Gasteiger partial charge in [-0.2, -0.15) is 0 Å². The molecule has 0 aliphatic rings. The smallest absolute Gasteiger partial charge is 0.308 e. The maximum Gasteiger partial charge on any atom is 0.308 e. The van der Waals surface area contributed by atoms with Crippen molar-refractivity contribution in [1.82, 2.24) is 0 Å². The Morgan fingerprint density at radius 1 is 0.864 bits per heavy atom. The van der Waals surface area contributed by atoms with Gasteiger partial charge in [-0.15, -0.1) is 0 Å². The number of hydrogen-bond acceptors (Lipinski definition) is 4. The Bertz CT molecular complexity index is 662. The fourth-order valence-electron chi connectivity index (χ4n) is 2.01. The van der Waals surface area contributed by atoms with E-state index in [0.29, 0.717) is 10.8 Å². The zero-order valence-corrected chi connectivity index (χ0v) is 13.0. The zero-order valence-electron chi connectivity index (χ0n) is 12.2. The third kappa shape index (κ3) is 4.33. The molecule has 0 aromatic heterocycles. The van der Waals surface area contributed by atoms with Crippen LogP contribution in [0.2, 0.25) is 5.02 Å². The van der Waals surface area contributed by atoms with Gasteiger partial charge in [0.2, 0.25) is 0 Å². The molecule has 2 aromatic carbocycles. The van der Waals surface area contributed by atoms with Gasteiger partial charge in [0.15, 0.2) is 6.10 Å². The molecule has 0 radical (unpaired) electrons. The predicted octanol–water partition coefficient (Wildman–Crippen LogP) is 3.92. The van der Waals surface area contributed by atoms with E-state index in [1.807, 2.05) is 0 Å².